The largest absolute Gasteiger partial charge is 0.305 e. The van der Waals surface area contributed by atoms with Crippen molar-refractivity contribution in [3.63, 3.8) is 0 Å². The standard InChI is InChI=1S/C34H19N3/c1-2-7-24-22(6-1)23-8-3-4-9-27(23)33-21(10-5-11-28(24)33)20-16-29-25-12-14-35-18-31(25)37-32-19-36-15-13-26(32)30(17-20)34(29)37/h1-19H. The van der Waals surface area contributed by atoms with E-state index in [1.165, 1.54) is 70.5 Å². The van der Waals surface area contributed by atoms with Gasteiger partial charge >= 0.3 is 0 Å². The molecule has 0 N–H and O–H groups in total. The van der Waals surface area contributed by atoms with Crippen LogP contribution in [0.5, 0.6) is 0 Å². The van der Waals surface area contributed by atoms with Crippen LogP contribution in [0.3, 0.4) is 0 Å². The molecule has 0 saturated carbocycles. The summed E-state index contributed by atoms with van der Waals surface area (Å²) >= 11 is 0. The normalized spacial score (nSPS) is 12.3. The Balaban J connectivity index is 1.52. The lowest BCUT2D eigenvalue weighted by Crippen LogP contribution is -1.87. The van der Waals surface area contributed by atoms with Crippen LogP contribution in [0, 0.1) is 0 Å². The van der Waals surface area contributed by atoms with E-state index in [0.717, 1.165) is 11.0 Å². The van der Waals surface area contributed by atoms with Crippen molar-refractivity contribution in [3.8, 4) is 11.1 Å². The fraction of sp³-hybridized carbons (Fsp3) is 0. The van der Waals surface area contributed by atoms with E-state index in [-0.39, 0.29) is 0 Å². The van der Waals surface area contributed by atoms with Crippen molar-refractivity contribution in [1.29, 1.82) is 0 Å². The molecule has 0 aliphatic carbocycles. The first kappa shape index (κ1) is 19.2. The molecule has 3 heteroatoms. The Kier molecular flexibility index (Phi) is 3.53. The van der Waals surface area contributed by atoms with E-state index in [1.54, 1.807) is 0 Å². The molecule has 0 atom stereocenters. The first-order valence-corrected chi connectivity index (χ1v) is 12.6. The second kappa shape index (κ2) is 6.80. The highest BCUT2D eigenvalue weighted by atomic mass is 14.9. The van der Waals surface area contributed by atoms with Crippen molar-refractivity contribution in [1.82, 2.24) is 14.4 Å². The zero-order valence-electron chi connectivity index (χ0n) is 19.8. The Hall–Kier alpha value is -5.02. The number of fused-ring (bicyclic) bond motifs is 12. The van der Waals surface area contributed by atoms with Crippen LogP contribution in [-0.4, -0.2) is 14.4 Å². The molecule has 4 heterocycles. The van der Waals surface area contributed by atoms with Crippen molar-refractivity contribution >= 4 is 70.4 Å². The van der Waals surface area contributed by atoms with Gasteiger partial charge in [-0.05, 0) is 67.7 Å². The summed E-state index contributed by atoms with van der Waals surface area (Å²) in [5.74, 6) is 0. The summed E-state index contributed by atoms with van der Waals surface area (Å²) in [7, 11) is 0. The van der Waals surface area contributed by atoms with E-state index in [4.69, 9.17) is 0 Å². The number of hydrogen-bond acceptors (Lipinski definition) is 2. The topological polar surface area (TPSA) is 30.2 Å². The number of pyridine rings is 2. The predicted octanol–water partition coefficient (Wildman–Crippen LogP) is 8.75. The van der Waals surface area contributed by atoms with Crippen molar-refractivity contribution < 1.29 is 0 Å². The average molecular weight is 470 g/mol. The van der Waals surface area contributed by atoms with E-state index in [9.17, 15) is 0 Å². The van der Waals surface area contributed by atoms with E-state index < -0.39 is 0 Å². The fourth-order valence-electron chi connectivity index (χ4n) is 6.59. The van der Waals surface area contributed by atoms with Gasteiger partial charge in [0, 0.05) is 33.9 Å². The molecule has 0 fully saturated rings. The minimum absolute atomic E-state index is 1.12. The minimum Gasteiger partial charge on any atom is -0.305 e. The van der Waals surface area contributed by atoms with Crippen molar-refractivity contribution in [2.75, 3.05) is 0 Å². The van der Waals surface area contributed by atoms with Crippen LogP contribution < -0.4 is 0 Å². The Bertz CT molecular complexity index is 2230. The van der Waals surface area contributed by atoms with Gasteiger partial charge in [0.1, 0.15) is 0 Å². The maximum Gasteiger partial charge on any atom is 0.0725 e. The van der Waals surface area contributed by atoms with E-state index in [2.05, 4.69) is 105 Å². The summed E-state index contributed by atoms with van der Waals surface area (Å²) in [5.41, 5.74) is 5.98. The van der Waals surface area contributed by atoms with Gasteiger partial charge in [0.05, 0.1) is 28.9 Å². The third kappa shape index (κ3) is 2.36. The van der Waals surface area contributed by atoms with Gasteiger partial charge < -0.3 is 4.40 Å². The van der Waals surface area contributed by atoms with Crippen LogP contribution in [0.2, 0.25) is 0 Å². The molecule has 9 rings (SSSR count). The lowest BCUT2D eigenvalue weighted by molar-refractivity contribution is 1.27. The Morgan fingerprint density at radius 1 is 0.459 bits per heavy atom. The maximum atomic E-state index is 4.46. The van der Waals surface area contributed by atoms with Crippen LogP contribution in [0.25, 0.3) is 81.5 Å². The number of nitrogens with zero attached hydrogens (tertiary/aromatic N) is 3. The molecule has 5 aromatic carbocycles. The van der Waals surface area contributed by atoms with Gasteiger partial charge in [0.15, 0.2) is 0 Å². The molecule has 0 amide bonds. The average Bonchev–Trinajstić information content (AvgIpc) is 3.49. The Labute approximate surface area is 211 Å². The van der Waals surface area contributed by atoms with Crippen LogP contribution in [0.4, 0.5) is 0 Å². The summed E-state index contributed by atoms with van der Waals surface area (Å²) < 4.78 is 2.32. The third-order valence-corrected chi connectivity index (χ3v) is 8.08. The monoisotopic (exact) mass is 469 g/mol. The van der Waals surface area contributed by atoms with Gasteiger partial charge in [0.2, 0.25) is 0 Å². The molecule has 0 spiro atoms. The van der Waals surface area contributed by atoms with Gasteiger partial charge in [-0.2, -0.15) is 0 Å². The molecule has 0 saturated heterocycles. The van der Waals surface area contributed by atoms with Gasteiger partial charge in [-0.25, -0.2) is 0 Å². The molecule has 0 aliphatic heterocycles. The number of hydrogen-bond donors (Lipinski definition) is 0. The number of benzene rings is 5. The van der Waals surface area contributed by atoms with Gasteiger partial charge in [0.25, 0.3) is 0 Å². The Morgan fingerprint density at radius 2 is 0.973 bits per heavy atom. The second-order valence-electron chi connectivity index (χ2n) is 9.86. The maximum absolute atomic E-state index is 4.46. The summed E-state index contributed by atoms with van der Waals surface area (Å²) in [5, 5.41) is 12.7. The minimum atomic E-state index is 1.12. The van der Waals surface area contributed by atoms with Gasteiger partial charge in [-0.1, -0.05) is 66.7 Å². The van der Waals surface area contributed by atoms with Gasteiger partial charge in [-0.3, -0.25) is 9.97 Å². The fourth-order valence-corrected chi connectivity index (χ4v) is 6.59. The molecule has 37 heavy (non-hydrogen) atoms. The highest BCUT2D eigenvalue weighted by Gasteiger charge is 2.20. The van der Waals surface area contributed by atoms with Crippen LogP contribution in [0.15, 0.2) is 116 Å². The van der Waals surface area contributed by atoms with E-state index in [1.807, 2.05) is 24.8 Å². The molecule has 9 aromatic rings. The second-order valence-corrected chi connectivity index (χ2v) is 9.86. The van der Waals surface area contributed by atoms with Crippen molar-refractivity contribution in [3.05, 3.63) is 116 Å². The highest BCUT2D eigenvalue weighted by Crippen LogP contribution is 2.44. The molecule has 3 nitrogen and oxygen atoms in total. The summed E-state index contributed by atoms with van der Waals surface area (Å²) in [4.78, 5) is 8.91. The number of rotatable bonds is 1. The first-order valence-electron chi connectivity index (χ1n) is 12.6. The van der Waals surface area contributed by atoms with Crippen LogP contribution >= 0.6 is 0 Å². The first-order chi connectivity index (χ1) is 18.4. The molecular weight excluding hydrogens is 450 g/mol. The lowest BCUT2D eigenvalue weighted by Gasteiger charge is -2.14. The molecule has 0 radical (unpaired) electrons. The van der Waals surface area contributed by atoms with E-state index in [0.29, 0.717) is 0 Å². The SMILES string of the molecule is c1ccc2c(c1)c1ccccc1c1c(-c3cc4c5ccncc5n5c6cnccc6c(c3)c45)cccc21. The number of aromatic nitrogens is 3. The smallest absolute Gasteiger partial charge is 0.0725 e. The third-order valence-electron chi connectivity index (χ3n) is 8.08. The zero-order valence-corrected chi connectivity index (χ0v) is 19.8. The molecule has 0 aliphatic rings. The summed E-state index contributed by atoms with van der Waals surface area (Å²) in [6.45, 7) is 0. The Morgan fingerprint density at radius 3 is 1.57 bits per heavy atom. The summed E-state index contributed by atoms with van der Waals surface area (Å²) in [6, 6.07) is 33.3. The molecule has 170 valence electrons. The lowest BCUT2D eigenvalue weighted by atomic mass is 9.89. The van der Waals surface area contributed by atoms with Gasteiger partial charge in [-0.15, -0.1) is 0 Å². The van der Waals surface area contributed by atoms with Crippen molar-refractivity contribution in [2.45, 2.75) is 0 Å². The zero-order chi connectivity index (χ0) is 24.1. The van der Waals surface area contributed by atoms with Crippen LogP contribution in [0.1, 0.15) is 0 Å². The van der Waals surface area contributed by atoms with Crippen molar-refractivity contribution in [2.24, 2.45) is 0 Å². The molecule has 0 bridgehead atoms. The summed E-state index contributed by atoms with van der Waals surface area (Å²) in [6.07, 6.45) is 7.72. The quantitative estimate of drug-likeness (QED) is 0.225. The van der Waals surface area contributed by atoms with Crippen LogP contribution in [-0.2, 0) is 0 Å². The molecule has 4 aromatic heterocycles. The predicted molar refractivity (Wildman–Crippen MR) is 155 cm³/mol. The van der Waals surface area contributed by atoms with E-state index >= 15 is 0 Å². The highest BCUT2D eigenvalue weighted by molar-refractivity contribution is 6.30. The molecule has 0 unspecified atom stereocenters. The molecular formula is C34H19N3.